The topological polar surface area (TPSA) is 64.1 Å². The van der Waals surface area contributed by atoms with Gasteiger partial charge in [0.2, 0.25) is 5.91 Å². The summed E-state index contributed by atoms with van der Waals surface area (Å²) in [6.45, 7) is 3.75. The van der Waals surface area contributed by atoms with Crippen LogP contribution in [0.3, 0.4) is 0 Å². The first-order chi connectivity index (χ1) is 14.0. The van der Waals surface area contributed by atoms with Crippen LogP contribution in [0.5, 0.6) is 11.5 Å². The molecule has 0 spiro atoms. The Kier molecular flexibility index (Phi) is 6.79. The van der Waals surface area contributed by atoms with Crippen molar-refractivity contribution < 1.29 is 19.0 Å². The summed E-state index contributed by atoms with van der Waals surface area (Å²) in [6, 6.07) is 5.80. The fraction of sp³-hybridized carbons (Fsp3) is 0.545. The van der Waals surface area contributed by atoms with Crippen molar-refractivity contribution in [2.24, 2.45) is 0 Å². The minimum Gasteiger partial charge on any atom is -0.496 e. The summed E-state index contributed by atoms with van der Waals surface area (Å²) in [6.07, 6.45) is 2.62. The molecule has 1 unspecified atom stereocenters. The van der Waals surface area contributed by atoms with Gasteiger partial charge in [0.1, 0.15) is 22.8 Å². The molecule has 29 heavy (non-hydrogen) atoms. The van der Waals surface area contributed by atoms with Crippen molar-refractivity contribution in [3.8, 4) is 11.5 Å². The van der Waals surface area contributed by atoms with Gasteiger partial charge < -0.3 is 24.0 Å². The van der Waals surface area contributed by atoms with Crippen molar-refractivity contribution in [2.75, 3.05) is 46.4 Å². The van der Waals surface area contributed by atoms with E-state index in [1.807, 2.05) is 43.0 Å². The van der Waals surface area contributed by atoms with Gasteiger partial charge in [-0.2, -0.15) is 0 Å². The molecular formula is C22H31N3O4. The molecule has 158 valence electrons. The number of fused-ring (bicyclic) bond motifs is 1. The van der Waals surface area contributed by atoms with Crippen molar-refractivity contribution in [3.05, 3.63) is 23.8 Å². The molecule has 0 N–H and O–H groups in total. The third-order valence-corrected chi connectivity index (χ3v) is 5.29. The van der Waals surface area contributed by atoms with Gasteiger partial charge in [-0.05, 0) is 31.0 Å². The van der Waals surface area contributed by atoms with Crippen LogP contribution in [0.1, 0.15) is 31.7 Å². The zero-order valence-electron chi connectivity index (χ0n) is 18.0. The van der Waals surface area contributed by atoms with Crippen LogP contribution in [-0.2, 0) is 16.1 Å². The van der Waals surface area contributed by atoms with Crippen LogP contribution in [-0.4, -0.2) is 63.4 Å². The van der Waals surface area contributed by atoms with Crippen molar-refractivity contribution in [2.45, 2.75) is 38.8 Å². The zero-order valence-corrected chi connectivity index (χ0v) is 18.0. The number of pyridine rings is 1. The molecule has 0 saturated carbocycles. The highest BCUT2D eigenvalue weighted by Gasteiger charge is 2.24. The van der Waals surface area contributed by atoms with Crippen LogP contribution in [0, 0.1) is 0 Å². The predicted octanol–water partition coefficient (Wildman–Crippen LogP) is 3.24. The molecule has 1 aliphatic rings. The van der Waals surface area contributed by atoms with Gasteiger partial charge in [-0.3, -0.25) is 4.79 Å². The molecule has 0 radical (unpaired) electrons. The Balaban J connectivity index is 2.05. The molecule has 0 bridgehead atoms. The van der Waals surface area contributed by atoms with Crippen molar-refractivity contribution >= 4 is 22.6 Å². The smallest absolute Gasteiger partial charge is 0.222 e. The highest BCUT2D eigenvalue weighted by Crippen LogP contribution is 2.35. The van der Waals surface area contributed by atoms with Gasteiger partial charge in [-0.1, -0.05) is 6.92 Å². The van der Waals surface area contributed by atoms with Crippen molar-refractivity contribution in [1.29, 1.82) is 0 Å². The minimum atomic E-state index is 0.108. The Bertz CT molecular complexity index is 863. The maximum absolute atomic E-state index is 12.7. The van der Waals surface area contributed by atoms with E-state index in [0.29, 0.717) is 25.3 Å². The Morgan fingerprint density at radius 1 is 1.24 bits per heavy atom. The fourth-order valence-electron chi connectivity index (χ4n) is 3.81. The lowest BCUT2D eigenvalue weighted by Gasteiger charge is -2.27. The van der Waals surface area contributed by atoms with Crippen molar-refractivity contribution in [3.63, 3.8) is 0 Å². The molecule has 7 nitrogen and oxygen atoms in total. The van der Waals surface area contributed by atoms with E-state index in [9.17, 15) is 4.79 Å². The van der Waals surface area contributed by atoms with Crippen LogP contribution in [0.4, 0.5) is 5.82 Å². The first-order valence-electron chi connectivity index (χ1n) is 10.1. The Labute approximate surface area is 172 Å². The number of benzene rings is 1. The standard InChI is InChI=1S/C22H31N3O4/c1-6-20(26)25(14-16-8-7-11-29-16)13-15-12-17-18(27-4)9-10-19(28-5)21(17)23-22(15)24(2)3/h9-10,12,16H,6-8,11,13-14H2,1-5H3. The average molecular weight is 402 g/mol. The molecular weight excluding hydrogens is 370 g/mol. The van der Waals surface area contributed by atoms with Gasteiger partial charge in [0.25, 0.3) is 0 Å². The van der Waals surface area contributed by atoms with E-state index in [0.717, 1.165) is 47.5 Å². The predicted molar refractivity (Wildman–Crippen MR) is 114 cm³/mol. The minimum absolute atomic E-state index is 0.108. The normalized spacial score (nSPS) is 16.1. The SMILES string of the molecule is CCC(=O)N(Cc1cc2c(OC)ccc(OC)c2nc1N(C)C)CC1CCCO1. The third kappa shape index (κ3) is 4.56. The van der Waals surface area contributed by atoms with Crippen LogP contribution >= 0.6 is 0 Å². The summed E-state index contributed by atoms with van der Waals surface area (Å²) in [7, 11) is 7.19. The van der Waals surface area contributed by atoms with Gasteiger partial charge in [0.05, 0.1) is 20.3 Å². The largest absolute Gasteiger partial charge is 0.496 e. The first-order valence-corrected chi connectivity index (χ1v) is 10.1. The van der Waals surface area contributed by atoms with Gasteiger partial charge in [0, 0.05) is 51.2 Å². The average Bonchev–Trinajstić information content (AvgIpc) is 3.24. The lowest BCUT2D eigenvalue weighted by Crippen LogP contribution is -2.37. The number of hydrogen-bond donors (Lipinski definition) is 0. The molecule has 2 heterocycles. The highest BCUT2D eigenvalue weighted by molar-refractivity contribution is 5.92. The molecule has 1 fully saturated rings. The van der Waals surface area contributed by atoms with Crippen LogP contribution < -0.4 is 14.4 Å². The zero-order chi connectivity index (χ0) is 21.0. The van der Waals surface area contributed by atoms with Crippen LogP contribution in [0.25, 0.3) is 10.9 Å². The van der Waals surface area contributed by atoms with Crippen LogP contribution in [0.2, 0.25) is 0 Å². The van der Waals surface area contributed by atoms with Gasteiger partial charge in [-0.15, -0.1) is 0 Å². The van der Waals surface area contributed by atoms with E-state index in [-0.39, 0.29) is 12.0 Å². The molecule has 1 aliphatic heterocycles. The number of amides is 1. The van der Waals surface area contributed by atoms with E-state index in [1.54, 1.807) is 14.2 Å². The number of carbonyl (C=O) groups is 1. The molecule has 7 heteroatoms. The summed E-state index contributed by atoms with van der Waals surface area (Å²) >= 11 is 0. The number of methoxy groups -OCH3 is 2. The lowest BCUT2D eigenvalue weighted by atomic mass is 10.1. The van der Waals surface area contributed by atoms with E-state index in [4.69, 9.17) is 19.2 Å². The first kappa shape index (κ1) is 21.2. The quantitative estimate of drug-likeness (QED) is 0.677. The lowest BCUT2D eigenvalue weighted by molar-refractivity contribution is -0.133. The second-order valence-corrected chi connectivity index (χ2v) is 7.49. The number of carbonyl (C=O) groups excluding carboxylic acids is 1. The molecule has 2 aromatic rings. The third-order valence-electron chi connectivity index (χ3n) is 5.29. The molecule has 0 aliphatic carbocycles. The second-order valence-electron chi connectivity index (χ2n) is 7.49. The Morgan fingerprint density at radius 3 is 2.55 bits per heavy atom. The van der Waals surface area contributed by atoms with E-state index in [1.165, 1.54) is 0 Å². The summed E-state index contributed by atoms with van der Waals surface area (Å²) < 4.78 is 16.8. The molecule has 1 aromatic carbocycles. The highest BCUT2D eigenvalue weighted by atomic mass is 16.5. The van der Waals surface area contributed by atoms with Gasteiger partial charge >= 0.3 is 0 Å². The second kappa shape index (κ2) is 9.31. The maximum Gasteiger partial charge on any atom is 0.222 e. The number of hydrogen-bond acceptors (Lipinski definition) is 6. The Hall–Kier alpha value is -2.54. The fourth-order valence-corrected chi connectivity index (χ4v) is 3.81. The molecule has 1 atom stereocenters. The molecule has 1 aromatic heterocycles. The number of nitrogens with zero attached hydrogens (tertiary/aromatic N) is 3. The van der Waals surface area contributed by atoms with E-state index >= 15 is 0 Å². The van der Waals surface area contributed by atoms with E-state index in [2.05, 4.69) is 6.07 Å². The summed E-state index contributed by atoms with van der Waals surface area (Å²) in [4.78, 5) is 21.4. The maximum atomic E-state index is 12.7. The summed E-state index contributed by atoms with van der Waals surface area (Å²) in [5.74, 6) is 2.34. The molecule has 1 saturated heterocycles. The van der Waals surface area contributed by atoms with Gasteiger partial charge in [-0.25, -0.2) is 4.98 Å². The number of ether oxygens (including phenoxy) is 3. The monoisotopic (exact) mass is 401 g/mol. The van der Waals surface area contributed by atoms with Crippen LogP contribution in [0.15, 0.2) is 18.2 Å². The van der Waals surface area contributed by atoms with Gasteiger partial charge in [0.15, 0.2) is 0 Å². The number of aromatic nitrogens is 1. The Morgan fingerprint density at radius 2 is 1.97 bits per heavy atom. The molecule has 3 rings (SSSR count). The number of anilines is 1. The van der Waals surface area contributed by atoms with E-state index < -0.39 is 0 Å². The number of rotatable bonds is 8. The summed E-state index contributed by atoms with van der Waals surface area (Å²) in [5, 5.41) is 0.869. The summed E-state index contributed by atoms with van der Waals surface area (Å²) in [5.41, 5.74) is 1.71. The molecule has 1 amide bonds. The van der Waals surface area contributed by atoms with Crippen molar-refractivity contribution in [1.82, 2.24) is 9.88 Å².